The molecule has 2 aromatic heterocycles. The largest absolute Gasteiger partial charge is 0.504 e. The van der Waals surface area contributed by atoms with Crippen LogP contribution in [-0.4, -0.2) is 31.7 Å². The van der Waals surface area contributed by atoms with Crippen LogP contribution in [0.2, 0.25) is 10.2 Å². The summed E-state index contributed by atoms with van der Waals surface area (Å²) in [7, 11) is 1.44. The SMILES string of the molecule is Cn1ncc(C(=O)NCc2ccccc2C(F)(F)F)c1NC(=O)c1cc(Cl)c(O)c(Cl)n1. The Balaban J connectivity index is 1.79. The first-order valence-corrected chi connectivity index (χ1v) is 9.56. The number of pyridine rings is 1. The third kappa shape index (κ3) is 4.94. The van der Waals surface area contributed by atoms with Gasteiger partial charge in [0.1, 0.15) is 17.1 Å². The maximum Gasteiger partial charge on any atom is 0.416 e. The van der Waals surface area contributed by atoms with Gasteiger partial charge in [0.25, 0.3) is 11.8 Å². The molecule has 168 valence electrons. The summed E-state index contributed by atoms with van der Waals surface area (Å²) in [4.78, 5) is 28.8. The zero-order valence-electron chi connectivity index (χ0n) is 16.2. The van der Waals surface area contributed by atoms with Gasteiger partial charge < -0.3 is 15.7 Å². The number of rotatable bonds is 5. The summed E-state index contributed by atoms with van der Waals surface area (Å²) >= 11 is 11.5. The maximum absolute atomic E-state index is 13.1. The number of anilines is 1. The van der Waals surface area contributed by atoms with Crippen LogP contribution in [0.4, 0.5) is 19.0 Å². The number of aromatic hydroxyl groups is 1. The van der Waals surface area contributed by atoms with Gasteiger partial charge in [0, 0.05) is 13.6 Å². The van der Waals surface area contributed by atoms with E-state index in [0.717, 1.165) is 18.3 Å². The zero-order valence-corrected chi connectivity index (χ0v) is 17.7. The van der Waals surface area contributed by atoms with E-state index in [1.807, 2.05) is 0 Å². The van der Waals surface area contributed by atoms with Gasteiger partial charge in [-0.05, 0) is 17.7 Å². The molecule has 0 aliphatic heterocycles. The summed E-state index contributed by atoms with van der Waals surface area (Å²) in [5.74, 6) is -2.11. The fraction of sp³-hybridized carbons (Fsp3) is 0.158. The van der Waals surface area contributed by atoms with Crippen LogP contribution in [-0.2, 0) is 19.8 Å². The summed E-state index contributed by atoms with van der Waals surface area (Å²) in [5, 5.41) is 17.7. The van der Waals surface area contributed by atoms with Crippen LogP contribution in [0, 0.1) is 0 Å². The highest BCUT2D eigenvalue weighted by Crippen LogP contribution is 2.32. The minimum Gasteiger partial charge on any atom is -0.504 e. The number of benzene rings is 1. The van der Waals surface area contributed by atoms with Crippen molar-refractivity contribution < 1.29 is 27.9 Å². The van der Waals surface area contributed by atoms with Gasteiger partial charge >= 0.3 is 6.18 Å². The van der Waals surface area contributed by atoms with Crippen molar-refractivity contribution >= 4 is 40.8 Å². The Labute approximate surface area is 189 Å². The molecular weight excluding hydrogens is 474 g/mol. The summed E-state index contributed by atoms with van der Waals surface area (Å²) in [5.41, 5.74) is -1.33. The second-order valence-corrected chi connectivity index (χ2v) is 7.22. The Bertz CT molecular complexity index is 1170. The van der Waals surface area contributed by atoms with Crippen LogP contribution < -0.4 is 10.6 Å². The van der Waals surface area contributed by atoms with E-state index in [1.165, 1.54) is 29.9 Å². The van der Waals surface area contributed by atoms with Crippen molar-refractivity contribution in [1.29, 1.82) is 0 Å². The van der Waals surface area contributed by atoms with Gasteiger partial charge in [0.2, 0.25) is 0 Å². The molecule has 0 radical (unpaired) electrons. The highest BCUT2D eigenvalue weighted by atomic mass is 35.5. The molecule has 3 N–H and O–H groups in total. The van der Waals surface area contributed by atoms with Gasteiger partial charge in [-0.1, -0.05) is 41.4 Å². The molecule has 2 amide bonds. The van der Waals surface area contributed by atoms with Gasteiger partial charge in [-0.15, -0.1) is 0 Å². The molecule has 0 bridgehead atoms. The first kappa shape index (κ1) is 23.4. The third-order valence-corrected chi connectivity index (χ3v) is 4.87. The molecule has 0 spiro atoms. The lowest BCUT2D eigenvalue weighted by Gasteiger charge is -2.13. The van der Waals surface area contributed by atoms with E-state index < -0.39 is 41.0 Å². The van der Waals surface area contributed by atoms with Gasteiger partial charge in [0.05, 0.1) is 16.8 Å². The van der Waals surface area contributed by atoms with Crippen LogP contribution in [0.5, 0.6) is 5.75 Å². The lowest BCUT2D eigenvalue weighted by Crippen LogP contribution is -2.26. The van der Waals surface area contributed by atoms with Crippen molar-refractivity contribution in [3.05, 3.63) is 69.1 Å². The predicted octanol–water partition coefficient (Wildman–Crippen LogP) is 4.03. The number of carbonyl (C=O) groups excluding carboxylic acids is 2. The standard InChI is InChI=1S/C19H14Cl2F3N5O3/c1-29-16(28-18(32)13-6-12(20)14(30)15(21)27-13)10(8-26-29)17(31)25-7-9-4-2-3-5-11(9)19(22,23)24/h2-6,8,30H,7H2,1H3,(H,25,31)(H,28,32). The molecule has 0 saturated heterocycles. The van der Waals surface area contributed by atoms with E-state index in [0.29, 0.717) is 0 Å². The molecule has 0 aliphatic rings. The van der Waals surface area contributed by atoms with Crippen molar-refractivity contribution in [2.24, 2.45) is 7.05 Å². The van der Waals surface area contributed by atoms with Crippen LogP contribution in [0.3, 0.4) is 0 Å². The summed E-state index contributed by atoms with van der Waals surface area (Å²) in [6, 6.07) is 5.91. The van der Waals surface area contributed by atoms with E-state index >= 15 is 0 Å². The van der Waals surface area contributed by atoms with Crippen LogP contribution in [0.1, 0.15) is 32.0 Å². The summed E-state index contributed by atoms with van der Waals surface area (Å²) < 4.78 is 40.6. The number of aryl methyl sites for hydroxylation is 1. The monoisotopic (exact) mass is 487 g/mol. The molecule has 0 fully saturated rings. The van der Waals surface area contributed by atoms with Crippen molar-refractivity contribution in [1.82, 2.24) is 20.1 Å². The smallest absolute Gasteiger partial charge is 0.416 e. The van der Waals surface area contributed by atoms with Gasteiger partial charge in [-0.2, -0.15) is 18.3 Å². The second kappa shape index (κ2) is 9.05. The number of hydrogen-bond donors (Lipinski definition) is 3. The van der Waals surface area contributed by atoms with Crippen LogP contribution in [0.25, 0.3) is 0 Å². The topological polar surface area (TPSA) is 109 Å². The molecule has 1 aromatic carbocycles. The minimum absolute atomic E-state index is 0.0428. The van der Waals surface area contributed by atoms with Crippen molar-refractivity contribution in [2.75, 3.05) is 5.32 Å². The fourth-order valence-corrected chi connectivity index (χ4v) is 3.17. The lowest BCUT2D eigenvalue weighted by molar-refractivity contribution is -0.138. The fourth-order valence-electron chi connectivity index (χ4n) is 2.74. The number of aromatic nitrogens is 3. The first-order valence-electron chi connectivity index (χ1n) is 8.80. The number of alkyl halides is 3. The van der Waals surface area contributed by atoms with E-state index in [9.17, 15) is 27.9 Å². The number of nitrogens with one attached hydrogen (secondary N) is 2. The molecule has 32 heavy (non-hydrogen) atoms. The highest BCUT2D eigenvalue weighted by Gasteiger charge is 2.33. The van der Waals surface area contributed by atoms with Crippen LogP contribution >= 0.6 is 23.2 Å². The quantitative estimate of drug-likeness (QED) is 0.470. The molecule has 8 nitrogen and oxygen atoms in total. The Morgan fingerprint density at radius 1 is 1.19 bits per heavy atom. The minimum atomic E-state index is -4.57. The van der Waals surface area contributed by atoms with Gasteiger partial charge in [-0.3, -0.25) is 14.3 Å². The van der Waals surface area contributed by atoms with E-state index in [-0.39, 0.29) is 27.7 Å². The Kier molecular flexibility index (Phi) is 6.60. The van der Waals surface area contributed by atoms with Crippen LogP contribution in [0.15, 0.2) is 36.5 Å². The Hall–Kier alpha value is -3.31. The molecule has 3 rings (SSSR count). The number of hydrogen-bond acceptors (Lipinski definition) is 5. The molecule has 3 aromatic rings. The van der Waals surface area contributed by atoms with Crippen molar-refractivity contribution in [3.8, 4) is 5.75 Å². The summed E-state index contributed by atoms with van der Waals surface area (Å²) in [6.45, 7) is -0.401. The van der Waals surface area contributed by atoms with Crippen molar-refractivity contribution in [2.45, 2.75) is 12.7 Å². The Morgan fingerprint density at radius 2 is 1.88 bits per heavy atom. The highest BCUT2D eigenvalue weighted by molar-refractivity contribution is 6.36. The zero-order chi connectivity index (χ0) is 23.6. The van der Waals surface area contributed by atoms with Gasteiger partial charge in [0.15, 0.2) is 10.9 Å². The third-order valence-electron chi connectivity index (χ3n) is 4.31. The number of amides is 2. The van der Waals surface area contributed by atoms with E-state index in [1.54, 1.807) is 0 Å². The van der Waals surface area contributed by atoms with Crippen molar-refractivity contribution in [3.63, 3.8) is 0 Å². The molecule has 13 heteroatoms. The number of halogens is 5. The summed E-state index contributed by atoms with van der Waals surface area (Å²) in [6.07, 6.45) is -3.43. The van der Waals surface area contributed by atoms with E-state index in [4.69, 9.17) is 23.2 Å². The molecule has 0 atom stereocenters. The number of carbonyl (C=O) groups is 2. The normalized spacial score (nSPS) is 11.3. The average Bonchev–Trinajstić information content (AvgIpc) is 3.09. The molecule has 0 saturated carbocycles. The van der Waals surface area contributed by atoms with Gasteiger partial charge in [-0.25, -0.2) is 4.98 Å². The maximum atomic E-state index is 13.1. The lowest BCUT2D eigenvalue weighted by atomic mass is 10.1. The second-order valence-electron chi connectivity index (χ2n) is 6.45. The number of nitrogens with zero attached hydrogens (tertiary/aromatic N) is 3. The first-order chi connectivity index (χ1) is 15.0. The Morgan fingerprint density at radius 3 is 2.53 bits per heavy atom. The average molecular weight is 488 g/mol. The molecule has 0 aliphatic carbocycles. The predicted molar refractivity (Wildman–Crippen MR) is 110 cm³/mol. The molecule has 0 unspecified atom stereocenters. The molecule has 2 heterocycles. The van der Waals surface area contributed by atoms with E-state index in [2.05, 4.69) is 20.7 Å². The molecular formula is C19H14Cl2F3N5O3.